The quantitative estimate of drug-likeness (QED) is 0.541. The molecule has 0 fully saturated rings. The lowest BCUT2D eigenvalue weighted by molar-refractivity contribution is -0.145. The number of esters is 1. The van der Waals surface area contributed by atoms with E-state index >= 15 is 0 Å². The van der Waals surface area contributed by atoms with Gasteiger partial charge in [-0.3, -0.25) is 4.79 Å². The lowest BCUT2D eigenvalue weighted by Crippen LogP contribution is -2.10. The van der Waals surface area contributed by atoms with Gasteiger partial charge < -0.3 is 18.7 Å². The number of rotatable bonds is 8. The highest BCUT2D eigenvalue weighted by Crippen LogP contribution is 2.25. The Morgan fingerprint density at radius 3 is 2.59 bits per heavy atom. The zero-order valence-corrected chi connectivity index (χ0v) is 15.3. The smallest absolute Gasteiger partial charge is 0.309 e. The molecule has 0 radical (unpaired) electrons. The van der Waals surface area contributed by atoms with Gasteiger partial charge in [0.15, 0.2) is 6.61 Å². The van der Waals surface area contributed by atoms with Crippen LogP contribution in [-0.4, -0.2) is 29.8 Å². The summed E-state index contributed by atoms with van der Waals surface area (Å²) in [5.74, 6) is 1.49. The third-order valence-corrected chi connectivity index (χ3v) is 3.90. The molecule has 1 heterocycles. The predicted molar refractivity (Wildman–Crippen MR) is 97.6 cm³/mol. The summed E-state index contributed by atoms with van der Waals surface area (Å²) in [6, 6.07) is 14.2. The SMILES string of the molecule is COc1ccc(OCCC(=O)OCc2noc(-c3ccccc3Cl)n2)cc1. The Bertz CT molecular complexity index is 895. The second kappa shape index (κ2) is 9.05. The van der Waals surface area contributed by atoms with Gasteiger partial charge >= 0.3 is 5.97 Å². The van der Waals surface area contributed by atoms with Crippen LogP contribution in [0.5, 0.6) is 11.5 Å². The highest BCUT2D eigenvalue weighted by Gasteiger charge is 2.13. The fourth-order valence-electron chi connectivity index (χ4n) is 2.20. The minimum Gasteiger partial charge on any atom is -0.497 e. The number of hydrogen-bond acceptors (Lipinski definition) is 7. The van der Waals surface area contributed by atoms with E-state index in [2.05, 4.69) is 10.1 Å². The van der Waals surface area contributed by atoms with Gasteiger partial charge in [0.1, 0.15) is 11.5 Å². The largest absolute Gasteiger partial charge is 0.497 e. The molecule has 0 amide bonds. The minimum atomic E-state index is -0.424. The summed E-state index contributed by atoms with van der Waals surface area (Å²) in [4.78, 5) is 16.0. The van der Waals surface area contributed by atoms with Crippen molar-refractivity contribution in [3.05, 3.63) is 59.4 Å². The van der Waals surface area contributed by atoms with Crippen molar-refractivity contribution >= 4 is 17.6 Å². The molecule has 0 aliphatic heterocycles. The van der Waals surface area contributed by atoms with Gasteiger partial charge in [-0.1, -0.05) is 28.9 Å². The first-order valence-corrected chi connectivity index (χ1v) is 8.53. The topological polar surface area (TPSA) is 83.7 Å². The average molecular weight is 389 g/mol. The lowest BCUT2D eigenvalue weighted by atomic mass is 10.2. The summed E-state index contributed by atoms with van der Waals surface area (Å²) in [5, 5.41) is 4.29. The Labute approximate surface area is 160 Å². The number of methoxy groups -OCH3 is 1. The van der Waals surface area contributed by atoms with Gasteiger partial charge in [-0.25, -0.2) is 0 Å². The number of nitrogens with zero attached hydrogens (tertiary/aromatic N) is 2. The maximum absolute atomic E-state index is 11.8. The van der Waals surface area contributed by atoms with Crippen molar-refractivity contribution in [2.24, 2.45) is 0 Å². The third-order valence-electron chi connectivity index (χ3n) is 3.57. The molecule has 0 bridgehead atoms. The lowest BCUT2D eigenvalue weighted by Gasteiger charge is -2.06. The molecule has 27 heavy (non-hydrogen) atoms. The molecule has 0 aliphatic carbocycles. The van der Waals surface area contributed by atoms with Gasteiger partial charge in [0.2, 0.25) is 5.82 Å². The molecule has 0 saturated heterocycles. The van der Waals surface area contributed by atoms with Crippen molar-refractivity contribution in [2.45, 2.75) is 13.0 Å². The average Bonchev–Trinajstić information content (AvgIpc) is 3.16. The summed E-state index contributed by atoms with van der Waals surface area (Å²) in [5.41, 5.74) is 0.622. The van der Waals surface area contributed by atoms with Crippen LogP contribution in [0.3, 0.4) is 0 Å². The van der Waals surface area contributed by atoms with Gasteiger partial charge in [0.05, 0.1) is 30.7 Å². The van der Waals surface area contributed by atoms with Crippen LogP contribution in [0.15, 0.2) is 53.1 Å². The second-order valence-corrected chi connectivity index (χ2v) is 5.84. The summed E-state index contributed by atoms with van der Waals surface area (Å²) in [7, 11) is 1.59. The maximum Gasteiger partial charge on any atom is 0.309 e. The Kier molecular flexibility index (Phi) is 6.27. The first-order chi connectivity index (χ1) is 13.2. The highest BCUT2D eigenvalue weighted by molar-refractivity contribution is 6.33. The number of halogens is 1. The number of ether oxygens (including phenoxy) is 3. The first-order valence-electron chi connectivity index (χ1n) is 8.15. The van der Waals surface area contributed by atoms with Crippen molar-refractivity contribution in [1.82, 2.24) is 10.1 Å². The Morgan fingerprint density at radius 2 is 1.85 bits per heavy atom. The van der Waals surface area contributed by atoms with Crippen LogP contribution >= 0.6 is 11.6 Å². The number of benzene rings is 2. The summed E-state index contributed by atoms with van der Waals surface area (Å²) < 4.78 is 20.8. The second-order valence-electron chi connectivity index (χ2n) is 5.43. The molecule has 0 saturated carbocycles. The molecule has 7 nitrogen and oxygen atoms in total. The van der Waals surface area contributed by atoms with E-state index in [0.717, 1.165) is 5.75 Å². The monoisotopic (exact) mass is 388 g/mol. The van der Waals surface area contributed by atoms with Crippen molar-refractivity contribution in [1.29, 1.82) is 0 Å². The first kappa shape index (κ1) is 18.7. The van der Waals surface area contributed by atoms with E-state index in [1.54, 1.807) is 49.6 Å². The molecule has 0 aliphatic rings. The fourth-order valence-corrected chi connectivity index (χ4v) is 2.41. The number of hydrogen-bond donors (Lipinski definition) is 0. The standard InChI is InChI=1S/C19H17ClN2O5/c1-24-13-6-8-14(9-7-13)25-11-10-18(23)26-12-17-21-19(27-22-17)15-4-2-3-5-16(15)20/h2-9H,10-12H2,1H3. The highest BCUT2D eigenvalue weighted by atomic mass is 35.5. The Balaban J connectivity index is 1.43. The number of aromatic nitrogens is 2. The van der Waals surface area contributed by atoms with E-state index in [0.29, 0.717) is 16.3 Å². The third kappa shape index (κ3) is 5.21. The molecule has 0 N–H and O–H groups in total. The van der Waals surface area contributed by atoms with Crippen LogP contribution in [0, 0.1) is 0 Å². The van der Waals surface area contributed by atoms with Crippen molar-refractivity contribution in [3.63, 3.8) is 0 Å². The van der Waals surface area contributed by atoms with E-state index in [1.807, 2.05) is 6.07 Å². The molecule has 0 spiro atoms. The molecule has 0 unspecified atom stereocenters. The van der Waals surface area contributed by atoms with E-state index < -0.39 is 5.97 Å². The van der Waals surface area contributed by atoms with Crippen LogP contribution in [-0.2, 0) is 16.1 Å². The zero-order valence-electron chi connectivity index (χ0n) is 14.6. The Hall–Kier alpha value is -3.06. The fraction of sp³-hybridized carbons (Fsp3) is 0.211. The normalized spacial score (nSPS) is 10.4. The molecule has 140 valence electrons. The maximum atomic E-state index is 11.8. The van der Waals surface area contributed by atoms with Crippen LogP contribution in [0.1, 0.15) is 12.2 Å². The molecule has 2 aromatic carbocycles. The van der Waals surface area contributed by atoms with Gasteiger partial charge in [-0.15, -0.1) is 0 Å². The van der Waals surface area contributed by atoms with Crippen LogP contribution in [0.25, 0.3) is 11.5 Å². The predicted octanol–water partition coefficient (Wildman–Crippen LogP) is 3.91. The van der Waals surface area contributed by atoms with Crippen molar-refractivity contribution in [3.8, 4) is 23.0 Å². The van der Waals surface area contributed by atoms with Crippen LogP contribution < -0.4 is 9.47 Å². The van der Waals surface area contributed by atoms with E-state index in [-0.39, 0.29) is 31.3 Å². The molecular formula is C19H17ClN2O5. The molecule has 0 atom stereocenters. The van der Waals surface area contributed by atoms with Crippen molar-refractivity contribution < 1.29 is 23.5 Å². The molecule has 3 aromatic rings. The Morgan fingerprint density at radius 1 is 1.11 bits per heavy atom. The summed E-state index contributed by atoms with van der Waals surface area (Å²) >= 11 is 6.09. The van der Waals surface area contributed by atoms with Gasteiger partial charge in [-0.05, 0) is 36.4 Å². The minimum absolute atomic E-state index is 0.0880. The van der Waals surface area contributed by atoms with Crippen LogP contribution in [0.2, 0.25) is 5.02 Å². The van der Waals surface area contributed by atoms with Gasteiger partial charge in [0, 0.05) is 0 Å². The van der Waals surface area contributed by atoms with E-state index in [4.69, 9.17) is 30.3 Å². The van der Waals surface area contributed by atoms with E-state index in [1.165, 1.54) is 0 Å². The molecular weight excluding hydrogens is 372 g/mol. The number of carbonyl (C=O) groups excluding carboxylic acids is 1. The van der Waals surface area contributed by atoms with E-state index in [9.17, 15) is 4.79 Å². The van der Waals surface area contributed by atoms with Crippen LogP contribution in [0.4, 0.5) is 0 Å². The molecule has 3 rings (SSSR count). The number of carbonyl (C=O) groups is 1. The molecule has 8 heteroatoms. The molecule has 1 aromatic heterocycles. The van der Waals surface area contributed by atoms with Gasteiger partial charge in [-0.2, -0.15) is 4.98 Å². The van der Waals surface area contributed by atoms with Crippen molar-refractivity contribution in [2.75, 3.05) is 13.7 Å². The zero-order chi connectivity index (χ0) is 19.1. The summed E-state index contributed by atoms with van der Waals surface area (Å²) in [6.45, 7) is 0.109. The summed E-state index contributed by atoms with van der Waals surface area (Å²) in [6.07, 6.45) is 0.0985. The van der Waals surface area contributed by atoms with Gasteiger partial charge in [0.25, 0.3) is 5.89 Å².